The van der Waals surface area contributed by atoms with Gasteiger partial charge >= 0.3 is 5.97 Å². The number of hydrogen-bond acceptors (Lipinski definition) is 5. The van der Waals surface area contributed by atoms with Gasteiger partial charge in [-0.15, -0.1) is 0 Å². The molecule has 6 nitrogen and oxygen atoms in total. The summed E-state index contributed by atoms with van der Waals surface area (Å²) in [5, 5.41) is 7.62. The van der Waals surface area contributed by atoms with Gasteiger partial charge in [-0.1, -0.05) is 6.92 Å². The van der Waals surface area contributed by atoms with E-state index in [-0.39, 0.29) is 5.97 Å². The maximum atomic E-state index is 11.5. The van der Waals surface area contributed by atoms with Crippen LogP contribution < -0.4 is 5.32 Å². The first-order valence-corrected chi connectivity index (χ1v) is 6.49. The predicted molar refractivity (Wildman–Crippen MR) is 74.7 cm³/mol. The molecule has 0 bridgehead atoms. The zero-order valence-corrected chi connectivity index (χ0v) is 12.2. The minimum Gasteiger partial charge on any atom is -0.465 e. The van der Waals surface area contributed by atoms with Gasteiger partial charge in [0.25, 0.3) is 0 Å². The summed E-state index contributed by atoms with van der Waals surface area (Å²) in [6.45, 7) is 4.30. The molecule has 0 radical (unpaired) electrons. The molecule has 0 fully saturated rings. The maximum Gasteiger partial charge on any atom is 0.341 e. The molecule has 0 aliphatic rings. The van der Waals surface area contributed by atoms with Crippen LogP contribution in [0.25, 0.3) is 0 Å². The standard InChI is InChI=1S/C14H19N3O3/c1-5-12-13(8-17(3)16-12)15-7-10-6-11(9(2)20-10)14(18)19-4/h6,8,15H,5,7H2,1-4H3. The molecule has 0 atom stereocenters. The summed E-state index contributed by atoms with van der Waals surface area (Å²) in [7, 11) is 3.24. The number of nitrogens with zero attached hydrogens (tertiary/aromatic N) is 2. The molecule has 0 aliphatic heterocycles. The van der Waals surface area contributed by atoms with Crippen molar-refractivity contribution < 1.29 is 13.9 Å². The SMILES string of the molecule is CCc1nn(C)cc1NCc1cc(C(=O)OC)c(C)o1. The van der Waals surface area contributed by atoms with Crippen molar-refractivity contribution in [1.82, 2.24) is 9.78 Å². The number of nitrogens with one attached hydrogen (secondary N) is 1. The Morgan fingerprint density at radius 1 is 1.55 bits per heavy atom. The molecule has 0 aliphatic carbocycles. The molecular weight excluding hydrogens is 258 g/mol. The maximum absolute atomic E-state index is 11.5. The number of methoxy groups -OCH3 is 1. The van der Waals surface area contributed by atoms with E-state index in [1.807, 2.05) is 13.2 Å². The normalized spacial score (nSPS) is 10.6. The molecule has 2 aromatic heterocycles. The molecule has 2 heterocycles. The molecule has 108 valence electrons. The minimum atomic E-state index is -0.381. The Morgan fingerprint density at radius 3 is 2.95 bits per heavy atom. The topological polar surface area (TPSA) is 69.3 Å². The van der Waals surface area contributed by atoms with Gasteiger partial charge in [0.15, 0.2) is 0 Å². The van der Waals surface area contributed by atoms with E-state index in [0.29, 0.717) is 23.6 Å². The highest BCUT2D eigenvalue weighted by molar-refractivity contribution is 5.90. The highest BCUT2D eigenvalue weighted by atomic mass is 16.5. The first-order chi connectivity index (χ1) is 9.55. The highest BCUT2D eigenvalue weighted by Gasteiger charge is 2.15. The van der Waals surface area contributed by atoms with E-state index in [1.165, 1.54) is 7.11 Å². The number of rotatable bonds is 5. The third-order valence-electron chi connectivity index (χ3n) is 3.07. The lowest BCUT2D eigenvalue weighted by atomic mass is 10.2. The van der Waals surface area contributed by atoms with E-state index in [2.05, 4.69) is 17.3 Å². The second-order valence-corrected chi connectivity index (χ2v) is 4.54. The number of hydrogen-bond donors (Lipinski definition) is 1. The third kappa shape index (κ3) is 2.84. The fourth-order valence-corrected chi connectivity index (χ4v) is 2.07. The first kappa shape index (κ1) is 14.2. The first-order valence-electron chi connectivity index (χ1n) is 6.49. The van der Waals surface area contributed by atoms with Gasteiger partial charge in [0, 0.05) is 13.2 Å². The van der Waals surface area contributed by atoms with Crippen LogP contribution in [-0.4, -0.2) is 22.9 Å². The van der Waals surface area contributed by atoms with E-state index in [0.717, 1.165) is 17.8 Å². The van der Waals surface area contributed by atoms with Gasteiger partial charge in [-0.3, -0.25) is 4.68 Å². The van der Waals surface area contributed by atoms with Crippen LogP contribution in [0.2, 0.25) is 0 Å². The van der Waals surface area contributed by atoms with E-state index >= 15 is 0 Å². The van der Waals surface area contributed by atoms with Crippen LogP contribution in [0, 0.1) is 6.92 Å². The average molecular weight is 277 g/mol. The Kier molecular flexibility index (Phi) is 4.12. The van der Waals surface area contributed by atoms with E-state index < -0.39 is 0 Å². The molecule has 0 amide bonds. The number of aryl methyl sites for hydroxylation is 3. The molecule has 6 heteroatoms. The van der Waals surface area contributed by atoms with Crippen molar-refractivity contribution in [3.63, 3.8) is 0 Å². The smallest absolute Gasteiger partial charge is 0.341 e. The lowest BCUT2D eigenvalue weighted by Gasteiger charge is -2.02. The molecule has 1 N–H and O–H groups in total. The van der Waals surface area contributed by atoms with Gasteiger partial charge in [0.2, 0.25) is 0 Å². The van der Waals surface area contributed by atoms with Gasteiger partial charge in [-0.25, -0.2) is 4.79 Å². The van der Waals surface area contributed by atoms with Crippen LogP contribution in [0.15, 0.2) is 16.7 Å². The summed E-state index contributed by atoms with van der Waals surface area (Å²) in [4.78, 5) is 11.5. The minimum absolute atomic E-state index is 0.381. The van der Waals surface area contributed by atoms with Crippen LogP contribution in [0.4, 0.5) is 5.69 Å². The van der Waals surface area contributed by atoms with Crippen molar-refractivity contribution in [1.29, 1.82) is 0 Å². The van der Waals surface area contributed by atoms with Crippen molar-refractivity contribution in [2.75, 3.05) is 12.4 Å². The Labute approximate surface area is 117 Å². The lowest BCUT2D eigenvalue weighted by Crippen LogP contribution is -2.01. The highest BCUT2D eigenvalue weighted by Crippen LogP contribution is 2.19. The van der Waals surface area contributed by atoms with E-state index in [1.54, 1.807) is 17.7 Å². The Bertz CT molecular complexity index is 613. The second-order valence-electron chi connectivity index (χ2n) is 4.54. The van der Waals surface area contributed by atoms with Crippen molar-refractivity contribution in [3.05, 3.63) is 35.0 Å². The third-order valence-corrected chi connectivity index (χ3v) is 3.07. The summed E-state index contributed by atoms with van der Waals surface area (Å²) in [5.74, 6) is 0.873. The lowest BCUT2D eigenvalue weighted by molar-refractivity contribution is 0.0599. The van der Waals surface area contributed by atoms with Crippen LogP contribution >= 0.6 is 0 Å². The average Bonchev–Trinajstić information content (AvgIpc) is 2.98. The molecule has 0 saturated carbocycles. The van der Waals surface area contributed by atoms with E-state index in [4.69, 9.17) is 9.15 Å². The van der Waals surface area contributed by atoms with Gasteiger partial charge in [-0.2, -0.15) is 5.10 Å². The van der Waals surface area contributed by atoms with Crippen molar-refractivity contribution in [3.8, 4) is 0 Å². The van der Waals surface area contributed by atoms with Crippen LogP contribution in [0.3, 0.4) is 0 Å². The van der Waals surface area contributed by atoms with Gasteiger partial charge in [-0.05, 0) is 19.4 Å². The number of esters is 1. The monoisotopic (exact) mass is 277 g/mol. The molecule has 0 aromatic carbocycles. The Morgan fingerprint density at radius 2 is 2.30 bits per heavy atom. The van der Waals surface area contributed by atoms with Crippen molar-refractivity contribution in [2.24, 2.45) is 7.05 Å². The summed E-state index contributed by atoms with van der Waals surface area (Å²) < 4.78 is 12.0. The number of anilines is 1. The molecule has 0 unspecified atom stereocenters. The molecular formula is C14H19N3O3. The fourth-order valence-electron chi connectivity index (χ4n) is 2.07. The Balaban J connectivity index is 2.09. The number of carbonyl (C=O) groups excluding carboxylic acids is 1. The molecule has 0 saturated heterocycles. The zero-order valence-electron chi connectivity index (χ0n) is 12.2. The quantitative estimate of drug-likeness (QED) is 0.849. The predicted octanol–water partition coefficient (Wildman–Crippen LogP) is 2.28. The summed E-state index contributed by atoms with van der Waals surface area (Å²) in [6, 6.07) is 1.70. The number of ether oxygens (including phenoxy) is 1. The van der Waals surface area contributed by atoms with Gasteiger partial charge in [0.05, 0.1) is 25.0 Å². The second kappa shape index (κ2) is 5.81. The van der Waals surface area contributed by atoms with Crippen LogP contribution in [-0.2, 0) is 24.8 Å². The van der Waals surface area contributed by atoms with E-state index in [9.17, 15) is 4.79 Å². The molecule has 20 heavy (non-hydrogen) atoms. The van der Waals surface area contributed by atoms with Gasteiger partial charge in [0.1, 0.15) is 17.1 Å². The van der Waals surface area contributed by atoms with Crippen LogP contribution in [0.1, 0.15) is 34.5 Å². The zero-order chi connectivity index (χ0) is 14.7. The van der Waals surface area contributed by atoms with Crippen LogP contribution in [0.5, 0.6) is 0 Å². The summed E-state index contributed by atoms with van der Waals surface area (Å²) in [6.07, 6.45) is 2.78. The molecule has 0 spiro atoms. The molecule has 2 rings (SSSR count). The Hall–Kier alpha value is -2.24. The number of aromatic nitrogens is 2. The largest absolute Gasteiger partial charge is 0.465 e. The summed E-state index contributed by atoms with van der Waals surface area (Å²) >= 11 is 0. The van der Waals surface area contributed by atoms with Crippen molar-refractivity contribution in [2.45, 2.75) is 26.8 Å². The van der Waals surface area contributed by atoms with Gasteiger partial charge < -0.3 is 14.5 Å². The number of carbonyl (C=O) groups is 1. The van der Waals surface area contributed by atoms with Crippen molar-refractivity contribution >= 4 is 11.7 Å². The number of furan rings is 1. The fraction of sp³-hybridized carbons (Fsp3) is 0.429. The molecule has 2 aromatic rings. The summed E-state index contributed by atoms with van der Waals surface area (Å²) in [5.41, 5.74) is 2.44.